The van der Waals surface area contributed by atoms with Gasteiger partial charge in [0.25, 0.3) is 5.91 Å². The Morgan fingerprint density at radius 3 is 2.59 bits per heavy atom. The predicted octanol–water partition coefficient (Wildman–Crippen LogP) is 4.38. The van der Waals surface area contributed by atoms with Crippen molar-refractivity contribution in [2.75, 3.05) is 5.32 Å². The fourth-order valence-electron chi connectivity index (χ4n) is 1.45. The lowest BCUT2D eigenvalue weighted by Gasteiger charge is -2.06. The Morgan fingerprint density at radius 2 is 2.00 bits per heavy atom. The summed E-state index contributed by atoms with van der Waals surface area (Å²) < 4.78 is 0.961. The second kappa shape index (κ2) is 5.02. The number of thiophene rings is 1. The fraction of sp³-hybridized carbons (Fsp3) is 0.154. The number of anilines is 1. The molecule has 2 aromatic rings. The molecular weight excluding hydrogens is 298 g/mol. The molecule has 0 aliphatic rings. The van der Waals surface area contributed by atoms with Crippen LogP contribution in [0.4, 0.5) is 5.69 Å². The normalized spacial score (nSPS) is 10.3. The number of carbonyl (C=O) groups excluding carboxylic acids is 1. The first-order valence-electron chi connectivity index (χ1n) is 5.19. The van der Waals surface area contributed by atoms with Crippen molar-refractivity contribution >= 4 is 38.9 Å². The summed E-state index contributed by atoms with van der Waals surface area (Å²) in [6, 6.07) is 7.73. The number of hydrogen-bond acceptors (Lipinski definition) is 2. The number of hydrogen-bond donors (Lipinski definition) is 1. The molecule has 0 aliphatic heterocycles. The highest BCUT2D eigenvalue weighted by atomic mass is 79.9. The van der Waals surface area contributed by atoms with Crippen LogP contribution in [-0.4, -0.2) is 5.91 Å². The highest BCUT2D eigenvalue weighted by molar-refractivity contribution is 9.11. The van der Waals surface area contributed by atoms with E-state index in [0.717, 1.165) is 9.47 Å². The maximum absolute atomic E-state index is 11.9. The van der Waals surface area contributed by atoms with E-state index >= 15 is 0 Å². The van der Waals surface area contributed by atoms with Gasteiger partial charge in [-0.25, -0.2) is 0 Å². The van der Waals surface area contributed by atoms with Gasteiger partial charge < -0.3 is 5.32 Å². The van der Waals surface area contributed by atoms with Gasteiger partial charge in [0, 0.05) is 11.1 Å². The molecule has 1 N–H and O–H groups in total. The van der Waals surface area contributed by atoms with Crippen LogP contribution in [0.2, 0.25) is 0 Å². The Bertz CT molecular complexity index is 562. The van der Waals surface area contributed by atoms with Crippen LogP contribution in [0.1, 0.15) is 21.5 Å². The largest absolute Gasteiger partial charge is 0.322 e. The van der Waals surface area contributed by atoms with Gasteiger partial charge in [0.1, 0.15) is 0 Å². The highest BCUT2D eigenvalue weighted by Gasteiger charge is 2.08. The topological polar surface area (TPSA) is 29.1 Å². The first-order valence-corrected chi connectivity index (χ1v) is 6.86. The average Bonchev–Trinajstić information content (AvgIpc) is 2.70. The van der Waals surface area contributed by atoms with E-state index in [9.17, 15) is 4.79 Å². The van der Waals surface area contributed by atoms with Crippen molar-refractivity contribution in [1.29, 1.82) is 0 Å². The first-order chi connectivity index (χ1) is 8.06. The maximum Gasteiger partial charge on any atom is 0.256 e. The number of aryl methyl sites for hydroxylation is 2. The van der Waals surface area contributed by atoms with Crippen LogP contribution >= 0.6 is 27.3 Å². The summed E-state index contributed by atoms with van der Waals surface area (Å²) in [6.07, 6.45) is 0. The van der Waals surface area contributed by atoms with Crippen LogP contribution in [0.15, 0.2) is 33.4 Å². The van der Waals surface area contributed by atoms with Crippen molar-refractivity contribution in [2.24, 2.45) is 0 Å². The Kier molecular flexibility index (Phi) is 3.64. The summed E-state index contributed by atoms with van der Waals surface area (Å²) in [4.78, 5) is 11.9. The average molecular weight is 310 g/mol. The number of nitrogens with one attached hydrogen (secondary N) is 1. The third-order valence-corrected chi connectivity index (χ3v) is 4.10. The summed E-state index contributed by atoms with van der Waals surface area (Å²) in [7, 11) is 0. The summed E-state index contributed by atoms with van der Waals surface area (Å²) in [5, 5.41) is 4.72. The molecule has 0 spiro atoms. The Morgan fingerprint density at radius 1 is 1.24 bits per heavy atom. The Hall–Kier alpha value is -1.13. The molecule has 0 radical (unpaired) electrons. The van der Waals surface area contributed by atoms with Crippen LogP contribution in [0, 0.1) is 13.8 Å². The fourth-order valence-corrected chi connectivity index (χ4v) is 2.59. The molecule has 4 heteroatoms. The second-order valence-electron chi connectivity index (χ2n) is 3.89. The van der Waals surface area contributed by atoms with Crippen molar-refractivity contribution in [3.8, 4) is 0 Å². The number of benzene rings is 1. The lowest BCUT2D eigenvalue weighted by molar-refractivity contribution is 0.102. The van der Waals surface area contributed by atoms with Crippen molar-refractivity contribution < 1.29 is 4.79 Å². The molecule has 0 aliphatic carbocycles. The number of rotatable bonds is 2. The zero-order valence-electron chi connectivity index (χ0n) is 9.58. The van der Waals surface area contributed by atoms with E-state index in [1.807, 2.05) is 36.6 Å². The van der Waals surface area contributed by atoms with E-state index in [0.29, 0.717) is 5.56 Å². The lowest BCUT2D eigenvalue weighted by Crippen LogP contribution is -2.10. The van der Waals surface area contributed by atoms with Gasteiger partial charge in [0.2, 0.25) is 0 Å². The number of carbonyl (C=O) groups is 1. The Balaban J connectivity index is 2.15. The standard InChI is InChI=1S/C13H12BrNOS/c1-8-3-4-11(5-9(8)2)15-13(16)10-6-12(14)17-7-10/h3-7H,1-2H3,(H,15,16). The molecule has 17 heavy (non-hydrogen) atoms. The first kappa shape index (κ1) is 12.3. The van der Waals surface area contributed by atoms with Gasteiger partial charge >= 0.3 is 0 Å². The van der Waals surface area contributed by atoms with Crippen molar-refractivity contribution in [3.05, 3.63) is 50.1 Å². The summed E-state index contributed by atoms with van der Waals surface area (Å²) in [5.41, 5.74) is 3.91. The third-order valence-electron chi connectivity index (χ3n) is 2.59. The Labute approximate surface area is 113 Å². The van der Waals surface area contributed by atoms with Gasteiger partial charge in [0.05, 0.1) is 9.35 Å². The molecule has 0 bridgehead atoms. The zero-order valence-corrected chi connectivity index (χ0v) is 12.0. The minimum atomic E-state index is -0.0739. The van der Waals surface area contributed by atoms with Gasteiger partial charge in [0.15, 0.2) is 0 Å². The smallest absolute Gasteiger partial charge is 0.256 e. The maximum atomic E-state index is 11.9. The quantitative estimate of drug-likeness (QED) is 0.876. The molecular formula is C13H12BrNOS. The van der Waals surface area contributed by atoms with Gasteiger partial charge in [-0.1, -0.05) is 6.07 Å². The molecule has 1 aromatic heterocycles. The third kappa shape index (κ3) is 2.96. The van der Waals surface area contributed by atoms with Crippen LogP contribution in [-0.2, 0) is 0 Å². The van der Waals surface area contributed by atoms with E-state index < -0.39 is 0 Å². The molecule has 88 valence electrons. The van der Waals surface area contributed by atoms with Gasteiger partial charge in [-0.15, -0.1) is 11.3 Å². The molecule has 0 saturated heterocycles. The number of halogens is 1. The lowest BCUT2D eigenvalue weighted by atomic mass is 10.1. The molecule has 1 amide bonds. The van der Waals surface area contributed by atoms with Gasteiger partial charge in [-0.3, -0.25) is 4.79 Å². The van der Waals surface area contributed by atoms with Crippen LogP contribution in [0.5, 0.6) is 0 Å². The summed E-state index contributed by atoms with van der Waals surface area (Å²) >= 11 is 4.85. The summed E-state index contributed by atoms with van der Waals surface area (Å²) in [5.74, 6) is -0.0739. The monoisotopic (exact) mass is 309 g/mol. The van der Waals surface area contributed by atoms with E-state index in [-0.39, 0.29) is 5.91 Å². The SMILES string of the molecule is Cc1ccc(NC(=O)c2csc(Br)c2)cc1C. The van der Waals surface area contributed by atoms with Gasteiger partial charge in [-0.05, 0) is 59.1 Å². The molecule has 0 unspecified atom stereocenters. The molecule has 2 nitrogen and oxygen atoms in total. The molecule has 0 saturated carbocycles. The van der Waals surface area contributed by atoms with Crippen LogP contribution < -0.4 is 5.32 Å². The van der Waals surface area contributed by atoms with E-state index in [1.54, 1.807) is 0 Å². The van der Waals surface area contributed by atoms with E-state index in [2.05, 4.69) is 28.2 Å². The van der Waals surface area contributed by atoms with Crippen molar-refractivity contribution in [1.82, 2.24) is 0 Å². The van der Waals surface area contributed by atoms with Crippen molar-refractivity contribution in [2.45, 2.75) is 13.8 Å². The molecule has 0 fully saturated rings. The van der Waals surface area contributed by atoms with Crippen molar-refractivity contribution in [3.63, 3.8) is 0 Å². The van der Waals surface area contributed by atoms with Crippen LogP contribution in [0.25, 0.3) is 0 Å². The van der Waals surface area contributed by atoms with E-state index in [4.69, 9.17) is 0 Å². The second-order valence-corrected chi connectivity index (χ2v) is 6.18. The molecule has 1 heterocycles. The number of amides is 1. The molecule has 1 aromatic carbocycles. The molecule has 2 rings (SSSR count). The van der Waals surface area contributed by atoms with E-state index in [1.165, 1.54) is 22.5 Å². The minimum Gasteiger partial charge on any atom is -0.322 e. The van der Waals surface area contributed by atoms with Crippen LogP contribution in [0.3, 0.4) is 0 Å². The minimum absolute atomic E-state index is 0.0739. The summed E-state index contributed by atoms with van der Waals surface area (Å²) in [6.45, 7) is 4.09. The highest BCUT2D eigenvalue weighted by Crippen LogP contribution is 2.22. The zero-order chi connectivity index (χ0) is 12.4. The molecule has 0 atom stereocenters. The van der Waals surface area contributed by atoms with Gasteiger partial charge in [-0.2, -0.15) is 0 Å². The predicted molar refractivity (Wildman–Crippen MR) is 75.9 cm³/mol.